The molecule has 0 aliphatic heterocycles. The highest BCUT2D eigenvalue weighted by Gasteiger charge is 2.40. The van der Waals surface area contributed by atoms with Crippen LogP contribution in [0.2, 0.25) is 0 Å². The van der Waals surface area contributed by atoms with Gasteiger partial charge in [-0.1, -0.05) is 63.5 Å². The SMILES string of the molecule is C=C[C@]1(C)CC[C@@H](C(=C)COC(=O)/C=C/C(=O)OCC(=C)[C@@H]2CC[C@@](C)(C=C)[C@H](C(=C)C)C2)C[C@H]1C(=C)C. The Labute approximate surface area is 230 Å². The molecule has 4 heteroatoms. The third kappa shape index (κ3) is 7.82. The van der Waals surface area contributed by atoms with Crippen molar-refractivity contribution in [3.05, 3.63) is 86.1 Å². The van der Waals surface area contributed by atoms with Crippen LogP contribution < -0.4 is 0 Å². The smallest absolute Gasteiger partial charge is 0.331 e. The molecule has 6 atom stereocenters. The summed E-state index contributed by atoms with van der Waals surface area (Å²) in [6, 6.07) is 0. The van der Waals surface area contributed by atoms with Gasteiger partial charge in [-0.15, -0.1) is 13.2 Å². The molecule has 2 aliphatic rings. The Morgan fingerprint density at radius 1 is 0.737 bits per heavy atom. The molecule has 2 saturated carbocycles. The van der Waals surface area contributed by atoms with Crippen LogP contribution in [0.3, 0.4) is 0 Å². The molecule has 0 amide bonds. The summed E-state index contributed by atoms with van der Waals surface area (Å²) in [4.78, 5) is 24.4. The maximum absolute atomic E-state index is 12.2. The first-order valence-electron chi connectivity index (χ1n) is 13.7. The lowest BCUT2D eigenvalue weighted by atomic mass is 9.61. The number of hydrogen-bond donors (Lipinski definition) is 0. The van der Waals surface area contributed by atoms with Crippen molar-refractivity contribution in [2.75, 3.05) is 13.2 Å². The molecule has 4 nitrogen and oxygen atoms in total. The fraction of sp³-hybridized carbons (Fsp3) is 0.529. The van der Waals surface area contributed by atoms with E-state index in [1.165, 1.54) is 0 Å². The summed E-state index contributed by atoms with van der Waals surface area (Å²) < 4.78 is 10.7. The second-order valence-electron chi connectivity index (χ2n) is 12.0. The summed E-state index contributed by atoms with van der Waals surface area (Å²) in [5.74, 6) is -0.0298. The zero-order valence-electron chi connectivity index (χ0n) is 24.2. The number of carbonyl (C=O) groups excluding carboxylic acids is 2. The van der Waals surface area contributed by atoms with Crippen molar-refractivity contribution < 1.29 is 19.1 Å². The molecule has 0 saturated heterocycles. The van der Waals surface area contributed by atoms with Crippen molar-refractivity contribution in [2.45, 2.75) is 66.2 Å². The quantitative estimate of drug-likeness (QED) is 0.148. The highest BCUT2D eigenvalue weighted by molar-refractivity contribution is 5.91. The van der Waals surface area contributed by atoms with E-state index < -0.39 is 11.9 Å². The molecular formula is C34H48O4. The van der Waals surface area contributed by atoms with Crippen LogP contribution in [0, 0.1) is 34.5 Å². The molecule has 0 N–H and O–H groups in total. The minimum Gasteiger partial charge on any atom is -0.458 e. The number of hydrogen-bond acceptors (Lipinski definition) is 4. The maximum Gasteiger partial charge on any atom is 0.331 e. The van der Waals surface area contributed by atoms with Crippen LogP contribution >= 0.6 is 0 Å². The lowest BCUT2D eigenvalue weighted by Crippen LogP contribution is -2.34. The molecule has 2 aliphatic carbocycles. The number of carbonyl (C=O) groups is 2. The number of rotatable bonds is 12. The molecular weight excluding hydrogens is 472 g/mol. The first-order valence-corrected chi connectivity index (χ1v) is 13.7. The van der Waals surface area contributed by atoms with Crippen molar-refractivity contribution in [1.82, 2.24) is 0 Å². The second-order valence-corrected chi connectivity index (χ2v) is 12.0. The summed E-state index contributed by atoms with van der Waals surface area (Å²) in [5, 5.41) is 0. The minimum absolute atomic E-state index is 0.0309. The van der Waals surface area contributed by atoms with Crippen LogP contribution in [0.15, 0.2) is 86.1 Å². The summed E-state index contributed by atoms with van der Waals surface area (Å²) in [7, 11) is 0. The van der Waals surface area contributed by atoms with E-state index in [1.54, 1.807) is 0 Å². The Morgan fingerprint density at radius 3 is 1.37 bits per heavy atom. The minimum atomic E-state index is -0.592. The van der Waals surface area contributed by atoms with Crippen molar-refractivity contribution in [3.63, 3.8) is 0 Å². The van der Waals surface area contributed by atoms with E-state index in [1.807, 2.05) is 12.2 Å². The monoisotopic (exact) mass is 520 g/mol. The molecule has 208 valence electrons. The molecule has 2 rings (SSSR count). The van der Waals surface area contributed by atoms with Gasteiger partial charge in [0.1, 0.15) is 13.2 Å². The maximum atomic E-state index is 12.2. The van der Waals surface area contributed by atoms with Crippen molar-refractivity contribution in [3.8, 4) is 0 Å². The number of ether oxygens (including phenoxy) is 2. The molecule has 0 spiro atoms. The van der Waals surface area contributed by atoms with E-state index in [-0.39, 0.29) is 35.9 Å². The van der Waals surface area contributed by atoms with E-state index in [0.717, 1.165) is 73.0 Å². The normalized spacial score (nSPS) is 31.2. The topological polar surface area (TPSA) is 52.6 Å². The zero-order valence-corrected chi connectivity index (χ0v) is 24.2. The van der Waals surface area contributed by atoms with Gasteiger partial charge in [0.15, 0.2) is 0 Å². The zero-order chi connectivity index (χ0) is 28.7. The lowest BCUT2D eigenvalue weighted by molar-refractivity contribution is -0.139. The van der Waals surface area contributed by atoms with Crippen molar-refractivity contribution >= 4 is 11.9 Å². The molecule has 0 unspecified atom stereocenters. The molecule has 38 heavy (non-hydrogen) atoms. The first kappa shape index (κ1) is 31.3. The molecule has 0 aromatic heterocycles. The summed E-state index contributed by atoms with van der Waals surface area (Å²) >= 11 is 0. The average Bonchev–Trinajstić information content (AvgIpc) is 2.89. The van der Waals surface area contributed by atoms with Gasteiger partial charge in [-0.05, 0) is 98.0 Å². The first-order chi connectivity index (χ1) is 17.8. The van der Waals surface area contributed by atoms with Crippen LogP contribution in [0.5, 0.6) is 0 Å². The van der Waals surface area contributed by atoms with E-state index >= 15 is 0 Å². The van der Waals surface area contributed by atoms with Gasteiger partial charge >= 0.3 is 11.9 Å². The highest BCUT2D eigenvalue weighted by atomic mass is 16.5. The van der Waals surface area contributed by atoms with Crippen LogP contribution in [0.4, 0.5) is 0 Å². The van der Waals surface area contributed by atoms with E-state index in [2.05, 4.69) is 67.2 Å². The largest absolute Gasteiger partial charge is 0.458 e. The van der Waals surface area contributed by atoms with Crippen molar-refractivity contribution in [1.29, 1.82) is 0 Å². The van der Waals surface area contributed by atoms with Gasteiger partial charge in [-0.25, -0.2) is 9.59 Å². The van der Waals surface area contributed by atoms with Gasteiger partial charge in [0, 0.05) is 12.2 Å². The Kier molecular flexibility index (Phi) is 10.9. The van der Waals surface area contributed by atoms with E-state index in [9.17, 15) is 9.59 Å². The van der Waals surface area contributed by atoms with E-state index in [0.29, 0.717) is 11.8 Å². The summed E-state index contributed by atoms with van der Waals surface area (Å²) in [6.07, 6.45) is 12.0. The Morgan fingerprint density at radius 2 is 1.08 bits per heavy atom. The highest BCUT2D eigenvalue weighted by Crippen LogP contribution is 2.49. The number of allylic oxidation sites excluding steroid dienone is 4. The third-order valence-electron chi connectivity index (χ3n) is 9.13. The predicted octanol–water partition coefficient (Wildman–Crippen LogP) is 8.11. The fourth-order valence-electron chi connectivity index (χ4n) is 6.22. The molecule has 0 heterocycles. The van der Waals surface area contributed by atoms with Gasteiger partial charge in [0.2, 0.25) is 0 Å². The second kappa shape index (κ2) is 13.3. The molecule has 2 fully saturated rings. The van der Waals surface area contributed by atoms with Crippen LogP contribution in [0.1, 0.15) is 66.2 Å². The van der Waals surface area contributed by atoms with Crippen molar-refractivity contribution in [2.24, 2.45) is 34.5 Å². The van der Waals surface area contributed by atoms with Gasteiger partial charge < -0.3 is 9.47 Å². The summed E-state index contributed by atoms with van der Waals surface area (Å²) in [6.45, 7) is 33.6. The van der Waals surface area contributed by atoms with E-state index in [4.69, 9.17) is 9.47 Å². The average molecular weight is 521 g/mol. The van der Waals surface area contributed by atoms with Crippen LogP contribution in [-0.2, 0) is 19.1 Å². The Hall–Kier alpha value is -2.88. The molecule has 0 aromatic rings. The van der Waals surface area contributed by atoms with Gasteiger partial charge in [-0.2, -0.15) is 0 Å². The predicted molar refractivity (Wildman–Crippen MR) is 157 cm³/mol. The fourth-order valence-corrected chi connectivity index (χ4v) is 6.22. The van der Waals surface area contributed by atoms with Gasteiger partial charge in [0.05, 0.1) is 0 Å². The third-order valence-corrected chi connectivity index (χ3v) is 9.13. The number of esters is 2. The lowest BCUT2D eigenvalue weighted by Gasteiger charge is -2.43. The van der Waals surface area contributed by atoms with Gasteiger partial charge in [0.25, 0.3) is 0 Å². The Bertz CT molecular complexity index is 934. The Balaban J connectivity index is 1.78. The molecule has 0 bridgehead atoms. The van der Waals surface area contributed by atoms with Crippen LogP contribution in [-0.4, -0.2) is 25.2 Å². The molecule has 0 aromatic carbocycles. The summed E-state index contributed by atoms with van der Waals surface area (Å²) in [5.41, 5.74) is 4.11. The standard InChI is InChI=1S/C34H48O4/c1-11-33(9)17-15-27(19-29(33)23(3)4)25(7)21-37-31(35)13-14-32(36)38-22-26(8)28-16-18-34(10,12-2)30(20-28)24(5)6/h11-14,27-30H,1-3,5,7-8,15-22H2,4,6,9-10H3/b14-13+/t27-,28-,29+,30+,33-,34-/m1/s1. The van der Waals surface area contributed by atoms with Gasteiger partial charge in [-0.3, -0.25) is 0 Å². The molecule has 0 radical (unpaired) electrons. The van der Waals surface area contributed by atoms with Crippen LogP contribution in [0.25, 0.3) is 0 Å².